The van der Waals surface area contributed by atoms with Crippen molar-refractivity contribution in [1.29, 1.82) is 0 Å². The minimum Gasteiger partial charge on any atom is -0.469 e. The zero-order chi connectivity index (χ0) is 15.2. The molecule has 21 heavy (non-hydrogen) atoms. The summed E-state index contributed by atoms with van der Waals surface area (Å²) in [5.41, 5.74) is 0.773. The van der Waals surface area contributed by atoms with Crippen LogP contribution in [0.15, 0.2) is 26.4 Å². The minimum atomic E-state index is -0.0276. The number of carbonyl (C=O) groups is 1. The minimum absolute atomic E-state index is 0.0276. The molecule has 1 unspecified atom stereocenters. The van der Waals surface area contributed by atoms with E-state index in [1.807, 2.05) is 13.8 Å². The normalized spacial score (nSPS) is 12.3. The summed E-state index contributed by atoms with van der Waals surface area (Å²) in [7, 11) is 0. The fraction of sp³-hybridized carbons (Fsp3) is 0.500. The highest BCUT2D eigenvalue weighted by atomic mass is 32.2. The fourth-order valence-corrected chi connectivity index (χ4v) is 2.51. The summed E-state index contributed by atoms with van der Waals surface area (Å²) < 4.78 is 10.7. The van der Waals surface area contributed by atoms with Gasteiger partial charge in [-0.05, 0) is 26.3 Å². The van der Waals surface area contributed by atoms with E-state index in [0.717, 1.165) is 24.2 Å². The molecular formula is C14H19N3O3S. The number of rotatable bonds is 7. The number of amides is 1. The first kappa shape index (κ1) is 15.6. The molecule has 0 fully saturated rings. The Balaban J connectivity index is 1.86. The van der Waals surface area contributed by atoms with E-state index in [1.54, 1.807) is 12.3 Å². The molecule has 0 saturated carbocycles. The van der Waals surface area contributed by atoms with Gasteiger partial charge in [-0.25, -0.2) is 0 Å². The van der Waals surface area contributed by atoms with Crippen LogP contribution in [0.5, 0.6) is 0 Å². The smallest absolute Gasteiger partial charge is 0.277 e. The molecule has 0 aliphatic carbocycles. The van der Waals surface area contributed by atoms with Crippen LogP contribution in [-0.4, -0.2) is 27.9 Å². The Morgan fingerprint density at radius 3 is 2.95 bits per heavy atom. The van der Waals surface area contributed by atoms with E-state index in [4.69, 9.17) is 8.83 Å². The third-order valence-electron chi connectivity index (χ3n) is 2.95. The number of furan rings is 1. The van der Waals surface area contributed by atoms with Gasteiger partial charge < -0.3 is 14.2 Å². The van der Waals surface area contributed by atoms with Crippen LogP contribution < -0.4 is 5.32 Å². The molecule has 0 radical (unpaired) electrons. The number of aryl methyl sites for hydroxylation is 1. The summed E-state index contributed by atoms with van der Waals surface area (Å²) in [6, 6.07) is 1.96. The van der Waals surface area contributed by atoms with Crippen molar-refractivity contribution < 1.29 is 13.6 Å². The highest BCUT2D eigenvalue weighted by Crippen LogP contribution is 2.26. The summed E-state index contributed by atoms with van der Waals surface area (Å²) in [4.78, 5) is 11.8. The lowest BCUT2D eigenvalue weighted by Crippen LogP contribution is -2.33. The Bertz CT molecular complexity index is 594. The lowest BCUT2D eigenvalue weighted by molar-refractivity contribution is -0.119. The number of hydrogen-bond donors (Lipinski definition) is 1. The molecule has 1 amide bonds. The number of hydrogen-bond acceptors (Lipinski definition) is 6. The zero-order valence-corrected chi connectivity index (χ0v) is 13.2. The van der Waals surface area contributed by atoms with Crippen LogP contribution >= 0.6 is 11.8 Å². The van der Waals surface area contributed by atoms with Crippen molar-refractivity contribution in [3.05, 3.63) is 18.1 Å². The number of thioether (sulfide) groups is 1. The largest absolute Gasteiger partial charge is 0.469 e. The van der Waals surface area contributed by atoms with Gasteiger partial charge >= 0.3 is 0 Å². The van der Waals surface area contributed by atoms with Gasteiger partial charge in [0.15, 0.2) is 0 Å². The van der Waals surface area contributed by atoms with Gasteiger partial charge in [-0.1, -0.05) is 25.1 Å². The van der Waals surface area contributed by atoms with Gasteiger partial charge in [0.1, 0.15) is 5.76 Å². The topological polar surface area (TPSA) is 81.2 Å². The second kappa shape index (κ2) is 7.31. The summed E-state index contributed by atoms with van der Waals surface area (Å²) in [5, 5.41) is 11.2. The fourth-order valence-electron chi connectivity index (χ4n) is 1.93. The van der Waals surface area contributed by atoms with Gasteiger partial charge in [0.2, 0.25) is 5.91 Å². The van der Waals surface area contributed by atoms with Gasteiger partial charge in [-0.3, -0.25) is 4.79 Å². The van der Waals surface area contributed by atoms with Crippen molar-refractivity contribution in [2.24, 2.45) is 0 Å². The average molecular weight is 309 g/mol. The number of aromatic nitrogens is 2. The molecule has 0 aliphatic heterocycles. The van der Waals surface area contributed by atoms with Crippen LogP contribution in [0.2, 0.25) is 0 Å². The third kappa shape index (κ3) is 4.35. The van der Waals surface area contributed by atoms with Gasteiger partial charge in [0.25, 0.3) is 11.1 Å². The lowest BCUT2D eigenvalue weighted by Gasteiger charge is -2.11. The van der Waals surface area contributed by atoms with E-state index in [0.29, 0.717) is 11.1 Å². The molecule has 1 N–H and O–H groups in total. The average Bonchev–Trinajstić information content (AvgIpc) is 3.05. The summed E-state index contributed by atoms with van der Waals surface area (Å²) in [5.74, 6) is 1.37. The van der Waals surface area contributed by atoms with Gasteiger partial charge in [0.05, 0.1) is 17.6 Å². The van der Waals surface area contributed by atoms with Gasteiger partial charge in [0, 0.05) is 6.04 Å². The molecule has 0 aromatic carbocycles. The Morgan fingerprint density at radius 2 is 2.29 bits per heavy atom. The molecule has 114 valence electrons. The molecule has 0 bridgehead atoms. The molecule has 2 heterocycles. The van der Waals surface area contributed by atoms with E-state index < -0.39 is 0 Å². The molecule has 0 saturated heterocycles. The second-order valence-electron chi connectivity index (χ2n) is 4.81. The Morgan fingerprint density at radius 1 is 1.48 bits per heavy atom. The first-order chi connectivity index (χ1) is 10.1. The first-order valence-electron chi connectivity index (χ1n) is 6.90. The van der Waals surface area contributed by atoms with Crippen molar-refractivity contribution in [1.82, 2.24) is 15.5 Å². The monoisotopic (exact) mass is 309 g/mol. The third-order valence-corrected chi connectivity index (χ3v) is 3.77. The molecular weight excluding hydrogens is 290 g/mol. The SMILES string of the molecule is CCCC(C)NC(=O)CSc1nnc(-c2ccoc2C)o1. The Kier molecular flexibility index (Phi) is 5.44. The maximum absolute atomic E-state index is 11.8. The molecule has 0 aliphatic rings. The maximum Gasteiger partial charge on any atom is 0.277 e. The van der Waals surface area contributed by atoms with E-state index in [1.165, 1.54) is 11.8 Å². The highest BCUT2D eigenvalue weighted by Gasteiger charge is 2.14. The highest BCUT2D eigenvalue weighted by molar-refractivity contribution is 7.99. The molecule has 2 aromatic rings. The van der Waals surface area contributed by atoms with Gasteiger partial charge in [-0.15, -0.1) is 10.2 Å². The van der Waals surface area contributed by atoms with Crippen LogP contribution in [0.4, 0.5) is 0 Å². The number of nitrogens with one attached hydrogen (secondary N) is 1. The van der Waals surface area contributed by atoms with Crippen LogP contribution in [0.25, 0.3) is 11.5 Å². The summed E-state index contributed by atoms with van der Waals surface area (Å²) in [6.07, 6.45) is 3.59. The van der Waals surface area contributed by atoms with Crippen LogP contribution in [-0.2, 0) is 4.79 Å². The van der Waals surface area contributed by atoms with Crippen LogP contribution in [0, 0.1) is 6.92 Å². The van der Waals surface area contributed by atoms with E-state index in [-0.39, 0.29) is 17.7 Å². The molecule has 2 aromatic heterocycles. The molecule has 1 atom stereocenters. The molecule has 6 nitrogen and oxygen atoms in total. The Labute approximate surface area is 127 Å². The van der Waals surface area contributed by atoms with Gasteiger partial charge in [-0.2, -0.15) is 0 Å². The van der Waals surface area contributed by atoms with Crippen molar-refractivity contribution in [2.75, 3.05) is 5.75 Å². The molecule has 2 rings (SSSR count). The summed E-state index contributed by atoms with van der Waals surface area (Å²) in [6.45, 7) is 5.92. The molecule has 7 heteroatoms. The number of nitrogens with zero attached hydrogens (tertiary/aromatic N) is 2. The second-order valence-corrected chi connectivity index (χ2v) is 5.74. The molecule has 0 spiro atoms. The van der Waals surface area contributed by atoms with E-state index >= 15 is 0 Å². The van der Waals surface area contributed by atoms with Crippen molar-refractivity contribution >= 4 is 17.7 Å². The quantitative estimate of drug-likeness (QED) is 0.792. The van der Waals surface area contributed by atoms with Crippen LogP contribution in [0.1, 0.15) is 32.4 Å². The lowest BCUT2D eigenvalue weighted by atomic mass is 10.2. The van der Waals surface area contributed by atoms with E-state index in [9.17, 15) is 4.79 Å². The zero-order valence-electron chi connectivity index (χ0n) is 12.4. The van der Waals surface area contributed by atoms with E-state index in [2.05, 4.69) is 22.4 Å². The predicted octanol–water partition coefficient (Wildman–Crippen LogP) is 3.03. The maximum atomic E-state index is 11.8. The standard InChI is InChI=1S/C14H19N3O3S/c1-4-5-9(2)15-12(18)8-21-14-17-16-13(20-14)11-6-7-19-10(11)3/h6-7,9H,4-5,8H2,1-3H3,(H,15,18). The summed E-state index contributed by atoms with van der Waals surface area (Å²) >= 11 is 1.23. The van der Waals surface area contributed by atoms with Crippen molar-refractivity contribution in [2.45, 2.75) is 44.9 Å². The number of carbonyl (C=O) groups excluding carboxylic acids is 1. The first-order valence-corrected chi connectivity index (χ1v) is 7.88. The Hall–Kier alpha value is -1.76. The van der Waals surface area contributed by atoms with Crippen molar-refractivity contribution in [3.8, 4) is 11.5 Å². The van der Waals surface area contributed by atoms with Crippen LogP contribution in [0.3, 0.4) is 0 Å². The predicted molar refractivity (Wildman–Crippen MR) is 80.0 cm³/mol. The van der Waals surface area contributed by atoms with Crippen molar-refractivity contribution in [3.63, 3.8) is 0 Å².